The number of rotatable bonds is 5. The topological polar surface area (TPSA) is 29.1 Å². The lowest BCUT2D eigenvalue weighted by Crippen LogP contribution is -2.12. The van der Waals surface area contributed by atoms with Crippen LogP contribution in [0.25, 0.3) is 0 Å². The summed E-state index contributed by atoms with van der Waals surface area (Å²) in [5, 5.41) is 2.95. The average molecular weight is 285 g/mol. The highest BCUT2D eigenvalue weighted by atomic mass is 32.2. The van der Waals surface area contributed by atoms with Gasteiger partial charge >= 0.3 is 0 Å². The normalized spacial score (nSPS) is 10.3. The molecule has 2 aromatic carbocycles. The lowest BCUT2D eigenvalue weighted by atomic mass is 10.2. The van der Waals surface area contributed by atoms with Crippen LogP contribution >= 0.6 is 11.8 Å². The van der Waals surface area contributed by atoms with E-state index in [1.54, 1.807) is 11.8 Å². The molecule has 0 radical (unpaired) electrons. The Kier molecular flexibility index (Phi) is 5.24. The minimum Gasteiger partial charge on any atom is -0.322 e. The molecule has 2 aromatic rings. The van der Waals surface area contributed by atoms with Gasteiger partial charge in [-0.05, 0) is 43.4 Å². The quantitative estimate of drug-likeness (QED) is 0.803. The number of aryl methyl sites for hydroxylation is 1. The van der Waals surface area contributed by atoms with Gasteiger partial charge in [0.05, 0.1) is 5.56 Å². The van der Waals surface area contributed by atoms with Gasteiger partial charge in [0, 0.05) is 10.6 Å². The van der Waals surface area contributed by atoms with E-state index in [1.165, 1.54) is 5.56 Å². The highest BCUT2D eigenvalue weighted by molar-refractivity contribution is 7.99. The molecule has 1 amide bonds. The number of benzene rings is 2. The summed E-state index contributed by atoms with van der Waals surface area (Å²) >= 11 is 1.73. The molecule has 2 nitrogen and oxygen atoms in total. The molecule has 104 valence electrons. The van der Waals surface area contributed by atoms with Gasteiger partial charge in [-0.3, -0.25) is 4.79 Å². The van der Waals surface area contributed by atoms with E-state index in [4.69, 9.17) is 0 Å². The smallest absolute Gasteiger partial charge is 0.256 e. The van der Waals surface area contributed by atoms with E-state index >= 15 is 0 Å². The number of hydrogen-bond acceptors (Lipinski definition) is 2. The number of carbonyl (C=O) groups excluding carboxylic acids is 1. The van der Waals surface area contributed by atoms with E-state index in [0.29, 0.717) is 0 Å². The van der Waals surface area contributed by atoms with E-state index in [1.807, 2.05) is 55.5 Å². The van der Waals surface area contributed by atoms with Gasteiger partial charge in [0.15, 0.2) is 0 Å². The molecule has 0 bridgehead atoms. The number of thioether (sulfide) groups is 1. The molecule has 3 heteroatoms. The standard InChI is InChI=1S/C17H19NOS/c1-3-12-20-16-7-5-4-6-15(16)17(19)18-14-10-8-13(2)9-11-14/h4-11H,3,12H2,1-2H3,(H,18,19). The molecule has 0 heterocycles. The Morgan fingerprint density at radius 2 is 1.80 bits per heavy atom. The van der Waals surface area contributed by atoms with Gasteiger partial charge < -0.3 is 5.32 Å². The highest BCUT2D eigenvalue weighted by Gasteiger charge is 2.11. The summed E-state index contributed by atoms with van der Waals surface area (Å²) in [7, 11) is 0. The van der Waals surface area contributed by atoms with Crippen LogP contribution in [0.15, 0.2) is 53.4 Å². The van der Waals surface area contributed by atoms with Gasteiger partial charge in [0.2, 0.25) is 0 Å². The first-order chi connectivity index (χ1) is 9.70. The van der Waals surface area contributed by atoms with Crippen molar-refractivity contribution in [1.82, 2.24) is 0 Å². The van der Waals surface area contributed by atoms with Gasteiger partial charge in [-0.25, -0.2) is 0 Å². The molecule has 0 aliphatic heterocycles. The molecule has 0 aliphatic rings. The van der Waals surface area contributed by atoms with Gasteiger partial charge in [0.1, 0.15) is 0 Å². The van der Waals surface area contributed by atoms with E-state index in [-0.39, 0.29) is 5.91 Å². The Hall–Kier alpha value is -1.74. The Bertz CT molecular complexity index is 578. The Balaban J connectivity index is 2.14. The lowest BCUT2D eigenvalue weighted by molar-refractivity contribution is 0.102. The van der Waals surface area contributed by atoms with Gasteiger partial charge in [0.25, 0.3) is 5.91 Å². The van der Waals surface area contributed by atoms with Crippen molar-refractivity contribution in [2.75, 3.05) is 11.1 Å². The molecule has 0 saturated carbocycles. The summed E-state index contributed by atoms with van der Waals surface area (Å²) in [6.45, 7) is 4.17. The first-order valence-corrected chi connectivity index (χ1v) is 7.79. The summed E-state index contributed by atoms with van der Waals surface area (Å²) in [4.78, 5) is 13.4. The van der Waals surface area contributed by atoms with Crippen molar-refractivity contribution >= 4 is 23.4 Å². The second-order valence-corrected chi connectivity index (χ2v) is 5.80. The maximum atomic E-state index is 12.4. The monoisotopic (exact) mass is 285 g/mol. The SMILES string of the molecule is CCCSc1ccccc1C(=O)Nc1ccc(C)cc1. The minimum atomic E-state index is -0.0481. The van der Waals surface area contributed by atoms with Crippen molar-refractivity contribution in [3.8, 4) is 0 Å². The van der Waals surface area contributed by atoms with Crippen LogP contribution in [0.1, 0.15) is 29.3 Å². The largest absolute Gasteiger partial charge is 0.322 e. The average Bonchev–Trinajstić information content (AvgIpc) is 2.47. The molecule has 0 fully saturated rings. The molecule has 20 heavy (non-hydrogen) atoms. The fourth-order valence-corrected chi connectivity index (χ4v) is 2.74. The molecule has 0 aromatic heterocycles. The Morgan fingerprint density at radius 3 is 2.50 bits per heavy atom. The van der Waals surface area contributed by atoms with Crippen LogP contribution in [0.4, 0.5) is 5.69 Å². The molecule has 0 atom stereocenters. The summed E-state index contributed by atoms with van der Waals surface area (Å²) in [6.07, 6.45) is 1.10. The minimum absolute atomic E-state index is 0.0481. The highest BCUT2D eigenvalue weighted by Crippen LogP contribution is 2.24. The molecule has 0 saturated heterocycles. The van der Waals surface area contributed by atoms with Gasteiger partial charge in [-0.2, -0.15) is 0 Å². The van der Waals surface area contributed by atoms with Crippen LogP contribution in [0, 0.1) is 6.92 Å². The first-order valence-electron chi connectivity index (χ1n) is 6.80. The number of anilines is 1. The number of carbonyl (C=O) groups is 1. The maximum Gasteiger partial charge on any atom is 0.256 e. The number of hydrogen-bond donors (Lipinski definition) is 1. The van der Waals surface area contributed by atoms with Crippen LogP contribution in [-0.4, -0.2) is 11.7 Å². The summed E-state index contributed by atoms with van der Waals surface area (Å²) in [5.41, 5.74) is 2.75. The zero-order chi connectivity index (χ0) is 14.4. The molecule has 0 spiro atoms. The van der Waals surface area contributed by atoms with E-state index < -0.39 is 0 Å². The molecule has 1 N–H and O–H groups in total. The van der Waals surface area contributed by atoms with Crippen LogP contribution in [0.2, 0.25) is 0 Å². The predicted octanol–water partition coefficient (Wildman–Crippen LogP) is 4.75. The zero-order valence-electron chi connectivity index (χ0n) is 11.8. The molecular formula is C17H19NOS. The second-order valence-electron chi connectivity index (χ2n) is 4.66. The lowest BCUT2D eigenvalue weighted by Gasteiger charge is -2.09. The van der Waals surface area contributed by atoms with E-state index in [9.17, 15) is 4.79 Å². The molecule has 2 rings (SSSR count). The summed E-state index contributed by atoms with van der Waals surface area (Å²) in [6, 6.07) is 15.6. The predicted molar refractivity (Wildman–Crippen MR) is 86.6 cm³/mol. The van der Waals surface area contributed by atoms with Crippen molar-refractivity contribution in [3.05, 3.63) is 59.7 Å². The first kappa shape index (κ1) is 14.7. The number of nitrogens with one attached hydrogen (secondary N) is 1. The molecule has 0 unspecified atom stereocenters. The van der Waals surface area contributed by atoms with Crippen molar-refractivity contribution in [2.45, 2.75) is 25.2 Å². The third-order valence-corrected chi connectivity index (χ3v) is 4.18. The third kappa shape index (κ3) is 3.87. The molecular weight excluding hydrogens is 266 g/mol. The second kappa shape index (κ2) is 7.15. The number of amides is 1. The van der Waals surface area contributed by atoms with E-state index in [0.717, 1.165) is 28.3 Å². The van der Waals surface area contributed by atoms with Crippen LogP contribution in [0.3, 0.4) is 0 Å². The van der Waals surface area contributed by atoms with Gasteiger partial charge in [-0.15, -0.1) is 11.8 Å². The zero-order valence-corrected chi connectivity index (χ0v) is 12.7. The maximum absolute atomic E-state index is 12.4. The fraction of sp³-hybridized carbons (Fsp3) is 0.235. The van der Waals surface area contributed by atoms with Crippen molar-refractivity contribution < 1.29 is 4.79 Å². The van der Waals surface area contributed by atoms with Crippen molar-refractivity contribution in [3.63, 3.8) is 0 Å². The Labute approximate surface area is 124 Å². The van der Waals surface area contributed by atoms with Crippen LogP contribution in [0.5, 0.6) is 0 Å². The summed E-state index contributed by atoms with van der Waals surface area (Å²) in [5.74, 6) is 0.975. The Morgan fingerprint density at radius 1 is 1.10 bits per heavy atom. The van der Waals surface area contributed by atoms with Gasteiger partial charge in [-0.1, -0.05) is 36.8 Å². The summed E-state index contributed by atoms with van der Waals surface area (Å²) < 4.78 is 0. The van der Waals surface area contributed by atoms with Crippen molar-refractivity contribution in [2.24, 2.45) is 0 Å². The van der Waals surface area contributed by atoms with Crippen molar-refractivity contribution in [1.29, 1.82) is 0 Å². The molecule has 0 aliphatic carbocycles. The van der Waals surface area contributed by atoms with Crippen LogP contribution < -0.4 is 5.32 Å². The van der Waals surface area contributed by atoms with Crippen LogP contribution in [-0.2, 0) is 0 Å². The van der Waals surface area contributed by atoms with E-state index in [2.05, 4.69) is 12.2 Å². The fourth-order valence-electron chi connectivity index (χ4n) is 1.83. The third-order valence-electron chi connectivity index (χ3n) is 2.90.